The molecule has 0 aromatic heterocycles. The van der Waals surface area contributed by atoms with Crippen molar-refractivity contribution in [2.24, 2.45) is 0 Å². The van der Waals surface area contributed by atoms with Crippen LogP contribution in [0.1, 0.15) is 24.9 Å². The van der Waals surface area contributed by atoms with Gasteiger partial charge in [-0.15, -0.1) is 0 Å². The van der Waals surface area contributed by atoms with Crippen molar-refractivity contribution < 1.29 is 18.3 Å². The van der Waals surface area contributed by atoms with Crippen LogP contribution < -0.4 is 15.4 Å². The van der Waals surface area contributed by atoms with Gasteiger partial charge in [0.1, 0.15) is 17.4 Å². The number of ether oxygens (including phenoxy) is 1. The number of anilines is 1. The Bertz CT molecular complexity index is 690. The van der Waals surface area contributed by atoms with Crippen LogP contribution in [0.2, 0.25) is 0 Å². The Morgan fingerprint density at radius 3 is 2.54 bits per heavy atom. The molecule has 6 heteroatoms. The molecule has 0 aliphatic heterocycles. The number of hydrogen-bond acceptors (Lipinski definition) is 3. The highest BCUT2D eigenvalue weighted by molar-refractivity contribution is 5.75. The lowest BCUT2D eigenvalue weighted by atomic mass is 10.1. The van der Waals surface area contributed by atoms with E-state index in [4.69, 9.17) is 4.74 Å². The molecule has 1 amide bonds. The molecule has 0 spiro atoms. The van der Waals surface area contributed by atoms with Crippen LogP contribution in [0.5, 0.6) is 5.75 Å². The topological polar surface area (TPSA) is 50.4 Å². The molecule has 24 heavy (non-hydrogen) atoms. The van der Waals surface area contributed by atoms with Gasteiger partial charge in [0.25, 0.3) is 0 Å². The largest absolute Gasteiger partial charge is 0.493 e. The van der Waals surface area contributed by atoms with Crippen LogP contribution in [-0.2, 0) is 4.79 Å². The van der Waals surface area contributed by atoms with Gasteiger partial charge in [0.15, 0.2) is 0 Å². The van der Waals surface area contributed by atoms with Crippen molar-refractivity contribution in [3.8, 4) is 5.75 Å². The zero-order valence-corrected chi connectivity index (χ0v) is 13.6. The van der Waals surface area contributed by atoms with Crippen LogP contribution in [0.15, 0.2) is 42.5 Å². The number of rotatable bonds is 7. The first-order valence-corrected chi connectivity index (χ1v) is 7.64. The summed E-state index contributed by atoms with van der Waals surface area (Å²) in [6.07, 6.45) is 0.284. The third-order valence-corrected chi connectivity index (χ3v) is 3.54. The fourth-order valence-corrected chi connectivity index (χ4v) is 2.21. The van der Waals surface area contributed by atoms with E-state index in [9.17, 15) is 13.6 Å². The fraction of sp³-hybridized carbons (Fsp3) is 0.278. The molecular formula is C18H20F2N2O2. The third-order valence-electron chi connectivity index (χ3n) is 3.54. The Morgan fingerprint density at radius 2 is 1.88 bits per heavy atom. The molecule has 1 unspecified atom stereocenters. The molecule has 2 aromatic carbocycles. The maximum absolute atomic E-state index is 13.8. The molecule has 0 aliphatic rings. The lowest BCUT2D eigenvalue weighted by Crippen LogP contribution is -2.20. The van der Waals surface area contributed by atoms with E-state index < -0.39 is 11.6 Å². The molecule has 4 nitrogen and oxygen atoms in total. The predicted molar refractivity (Wildman–Crippen MR) is 89.0 cm³/mol. The monoisotopic (exact) mass is 334 g/mol. The van der Waals surface area contributed by atoms with E-state index in [0.29, 0.717) is 5.75 Å². The Balaban J connectivity index is 1.93. The van der Waals surface area contributed by atoms with Gasteiger partial charge in [0.05, 0.1) is 19.1 Å². The summed E-state index contributed by atoms with van der Waals surface area (Å²) >= 11 is 0. The highest BCUT2D eigenvalue weighted by Gasteiger charge is 2.12. The zero-order chi connectivity index (χ0) is 17.5. The number of halogens is 2. The molecule has 2 aromatic rings. The highest BCUT2D eigenvalue weighted by atomic mass is 19.1. The summed E-state index contributed by atoms with van der Waals surface area (Å²) in [5.74, 6) is -0.376. The number of hydrogen-bond donors (Lipinski definition) is 2. The van der Waals surface area contributed by atoms with Crippen molar-refractivity contribution in [3.63, 3.8) is 0 Å². The molecule has 0 saturated carbocycles. The van der Waals surface area contributed by atoms with Gasteiger partial charge in [-0.1, -0.05) is 0 Å². The van der Waals surface area contributed by atoms with Gasteiger partial charge in [-0.3, -0.25) is 4.79 Å². The molecule has 0 aliphatic carbocycles. The van der Waals surface area contributed by atoms with Crippen molar-refractivity contribution in [1.29, 1.82) is 0 Å². The zero-order valence-electron chi connectivity index (χ0n) is 13.6. The van der Waals surface area contributed by atoms with Gasteiger partial charge >= 0.3 is 0 Å². The van der Waals surface area contributed by atoms with E-state index in [0.717, 1.165) is 17.8 Å². The van der Waals surface area contributed by atoms with Gasteiger partial charge in [0.2, 0.25) is 5.91 Å². The minimum Gasteiger partial charge on any atom is -0.493 e. The molecule has 1 atom stereocenters. The number of carbonyl (C=O) groups is 1. The molecule has 0 bridgehead atoms. The minimum atomic E-state index is -0.472. The third kappa shape index (κ3) is 4.94. The maximum Gasteiger partial charge on any atom is 0.223 e. The molecule has 0 heterocycles. The van der Waals surface area contributed by atoms with E-state index in [2.05, 4.69) is 10.6 Å². The summed E-state index contributed by atoms with van der Waals surface area (Å²) < 4.78 is 32.5. The molecule has 128 valence electrons. The molecule has 2 N–H and O–H groups in total. The van der Waals surface area contributed by atoms with Crippen molar-refractivity contribution >= 4 is 11.6 Å². The predicted octanol–water partition coefficient (Wildman–Crippen LogP) is 3.65. The smallest absolute Gasteiger partial charge is 0.223 e. The average Bonchev–Trinajstić information content (AvgIpc) is 2.58. The first-order valence-electron chi connectivity index (χ1n) is 7.64. The summed E-state index contributed by atoms with van der Waals surface area (Å²) in [5.41, 5.74) is 1.02. The van der Waals surface area contributed by atoms with Gasteiger partial charge in [-0.05, 0) is 49.4 Å². The van der Waals surface area contributed by atoms with E-state index in [-0.39, 0.29) is 30.5 Å². The maximum atomic E-state index is 13.8. The van der Waals surface area contributed by atoms with E-state index in [1.807, 2.05) is 0 Å². The van der Waals surface area contributed by atoms with Crippen molar-refractivity contribution in [2.45, 2.75) is 19.4 Å². The summed E-state index contributed by atoms with van der Waals surface area (Å²) in [5, 5.41) is 5.63. The van der Waals surface area contributed by atoms with E-state index in [1.165, 1.54) is 6.07 Å². The summed E-state index contributed by atoms with van der Waals surface area (Å²) in [4.78, 5) is 11.1. The van der Waals surface area contributed by atoms with Crippen LogP contribution in [-0.4, -0.2) is 19.6 Å². The lowest BCUT2D eigenvalue weighted by molar-refractivity contribution is -0.121. The lowest BCUT2D eigenvalue weighted by Gasteiger charge is -2.17. The molecule has 0 saturated heterocycles. The normalized spacial score (nSPS) is 11.7. The van der Waals surface area contributed by atoms with Gasteiger partial charge < -0.3 is 15.4 Å². The van der Waals surface area contributed by atoms with Crippen LogP contribution in [0, 0.1) is 11.6 Å². The standard InChI is InChI=1S/C18H20F2N2O2/c1-12(16-11-13(19)3-8-17(16)20)22-14-4-6-15(7-5-14)24-10-9-18(23)21-2/h3-8,11-12,22H,9-10H2,1-2H3,(H,21,23). The van der Waals surface area contributed by atoms with Gasteiger partial charge in [0, 0.05) is 18.3 Å². The summed E-state index contributed by atoms with van der Waals surface area (Å²) in [6.45, 7) is 2.04. The highest BCUT2D eigenvalue weighted by Crippen LogP contribution is 2.24. The molecule has 0 radical (unpaired) electrons. The van der Waals surface area contributed by atoms with Crippen molar-refractivity contribution in [1.82, 2.24) is 5.32 Å². The summed E-state index contributed by atoms with van der Waals surface area (Å²) in [7, 11) is 1.57. The van der Waals surface area contributed by atoms with Crippen LogP contribution >= 0.6 is 0 Å². The fourth-order valence-electron chi connectivity index (χ4n) is 2.21. The Morgan fingerprint density at radius 1 is 1.17 bits per heavy atom. The molecular weight excluding hydrogens is 314 g/mol. The second-order valence-electron chi connectivity index (χ2n) is 5.33. The first-order chi connectivity index (χ1) is 11.5. The second kappa shape index (κ2) is 8.29. The Kier molecular flexibility index (Phi) is 6.12. The Labute approximate surface area is 139 Å². The minimum absolute atomic E-state index is 0.0840. The SMILES string of the molecule is CNC(=O)CCOc1ccc(NC(C)c2cc(F)ccc2F)cc1. The first kappa shape index (κ1) is 17.7. The number of benzene rings is 2. The van der Waals surface area contributed by atoms with Crippen LogP contribution in [0.3, 0.4) is 0 Å². The molecule has 2 rings (SSSR count). The van der Waals surface area contributed by atoms with Gasteiger partial charge in [-0.2, -0.15) is 0 Å². The van der Waals surface area contributed by atoms with Crippen LogP contribution in [0.25, 0.3) is 0 Å². The van der Waals surface area contributed by atoms with Crippen LogP contribution in [0.4, 0.5) is 14.5 Å². The average molecular weight is 334 g/mol. The van der Waals surface area contributed by atoms with Crippen molar-refractivity contribution in [2.75, 3.05) is 19.0 Å². The quantitative estimate of drug-likeness (QED) is 0.812. The van der Waals surface area contributed by atoms with Crippen molar-refractivity contribution in [3.05, 3.63) is 59.7 Å². The van der Waals surface area contributed by atoms with Gasteiger partial charge in [-0.25, -0.2) is 8.78 Å². The summed E-state index contributed by atoms with van der Waals surface area (Å²) in [6, 6.07) is 10.1. The second-order valence-corrected chi connectivity index (χ2v) is 5.33. The number of carbonyl (C=O) groups excluding carboxylic acids is 1. The number of nitrogens with one attached hydrogen (secondary N) is 2. The Hall–Kier alpha value is -2.63. The van der Waals surface area contributed by atoms with E-state index >= 15 is 0 Å². The number of amides is 1. The molecule has 0 fully saturated rings. The van der Waals surface area contributed by atoms with E-state index in [1.54, 1.807) is 38.2 Å².